The van der Waals surface area contributed by atoms with Crippen molar-refractivity contribution in [3.05, 3.63) is 0 Å². The van der Waals surface area contributed by atoms with Crippen molar-refractivity contribution in [3.8, 4) is 0 Å². The fraction of sp³-hybridized carbons (Fsp3) is 0.714. The zero-order chi connectivity index (χ0) is 9.40. The smallest absolute Gasteiger partial charge is 0.404 e. The van der Waals surface area contributed by atoms with Gasteiger partial charge in [0.1, 0.15) is 0 Å². The molecule has 70 valence electrons. The maximum absolute atomic E-state index is 10.3. The topological polar surface area (TPSA) is 95.4 Å². The molecule has 5 nitrogen and oxygen atoms in total. The van der Waals surface area contributed by atoms with Gasteiger partial charge in [-0.1, -0.05) is 0 Å². The number of rotatable bonds is 6. The Hall–Kier alpha value is -1.26. The van der Waals surface area contributed by atoms with E-state index in [-0.39, 0.29) is 5.91 Å². The molecule has 0 saturated heterocycles. The number of amides is 2. The largest absolute Gasteiger partial charge is 0.450 e. The molecular weight excluding hydrogens is 160 g/mol. The van der Waals surface area contributed by atoms with Crippen molar-refractivity contribution in [2.24, 2.45) is 11.5 Å². The van der Waals surface area contributed by atoms with Crippen LogP contribution in [0.1, 0.15) is 25.7 Å². The summed E-state index contributed by atoms with van der Waals surface area (Å²) in [5.41, 5.74) is 9.63. The van der Waals surface area contributed by atoms with Crippen LogP contribution in [0.25, 0.3) is 0 Å². The van der Waals surface area contributed by atoms with Crippen LogP contribution < -0.4 is 11.5 Å². The number of ether oxygens (including phenoxy) is 1. The van der Waals surface area contributed by atoms with Crippen LogP contribution in [-0.4, -0.2) is 18.6 Å². The summed E-state index contributed by atoms with van der Waals surface area (Å²) in [5, 5.41) is 0. The van der Waals surface area contributed by atoms with Crippen molar-refractivity contribution in [2.45, 2.75) is 25.7 Å². The van der Waals surface area contributed by atoms with Crippen LogP contribution in [0, 0.1) is 0 Å². The average Bonchev–Trinajstić information content (AvgIpc) is 1.95. The molecule has 0 rings (SSSR count). The molecule has 0 heterocycles. The SMILES string of the molecule is NC(=O)CCCCCOC(N)=O. The second-order valence-electron chi connectivity index (χ2n) is 2.44. The summed E-state index contributed by atoms with van der Waals surface area (Å²) in [7, 11) is 0. The van der Waals surface area contributed by atoms with Crippen molar-refractivity contribution in [2.75, 3.05) is 6.61 Å². The van der Waals surface area contributed by atoms with E-state index in [1.54, 1.807) is 0 Å². The molecule has 0 aromatic carbocycles. The Morgan fingerprint density at radius 2 is 1.75 bits per heavy atom. The summed E-state index contributed by atoms with van der Waals surface area (Å²) >= 11 is 0. The van der Waals surface area contributed by atoms with Gasteiger partial charge in [0.2, 0.25) is 5.91 Å². The quantitative estimate of drug-likeness (QED) is 0.560. The van der Waals surface area contributed by atoms with Gasteiger partial charge in [-0.05, 0) is 19.3 Å². The van der Waals surface area contributed by atoms with Crippen molar-refractivity contribution < 1.29 is 14.3 Å². The second-order valence-corrected chi connectivity index (χ2v) is 2.44. The molecule has 0 aliphatic carbocycles. The lowest BCUT2D eigenvalue weighted by molar-refractivity contribution is -0.118. The summed E-state index contributed by atoms with van der Waals surface area (Å²) in [4.78, 5) is 20.3. The lowest BCUT2D eigenvalue weighted by Crippen LogP contribution is -2.14. The fourth-order valence-electron chi connectivity index (χ4n) is 0.751. The maximum atomic E-state index is 10.3. The highest BCUT2D eigenvalue weighted by atomic mass is 16.5. The van der Waals surface area contributed by atoms with Gasteiger partial charge in [-0.2, -0.15) is 0 Å². The number of hydrogen-bond donors (Lipinski definition) is 2. The minimum atomic E-state index is -0.759. The first-order valence-electron chi connectivity index (χ1n) is 3.83. The van der Waals surface area contributed by atoms with E-state index in [9.17, 15) is 9.59 Å². The van der Waals surface area contributed by atoms with E-state index >= 15 is 0 Å². The summed E-state index contributed by atoms with van der Waals surface area (Å²) in [5.74, 6) is -0.300. The number of carbonyl (C=O) groups excluding carboxylic acids is 2. The molecule has 0 aliphatic rings. The van der Waals surface area contributed by atoms with E-state index < -0.39 is 6.09 Å². The van der Waals surface area contributed by atoms with Crippen molar-refractivity contribution in [3.63, 3.8) is 0 Å². The van der Waals surface area contributed by atoms with Gasteiger partial charge in [-0.15, -0.1) is 0 Å². The van der Waals surface area contributed by atoms with E-state index in [1.165, 1.54) is 0 Å². The maximum Gasteiger partial charge on any atom is 0.404 e. The van der Waals surface area contributed by atoms with Gasteiger partial charge >= 0.3 is 6.09 Å². The van der Waals surface area contributed by atoms with Gasteiger partial charge in [0.25, 0.3) is 0 Å². The van der Waals surface area contributed by atoms with Crippen LogP contribution in [0.2, 0.25) is 0 Å². The van der Waals surface area contributed by atoms with Crippen LogP contribution in [0.3, 0.4) is 0 Å². The molecule has 2 amide bonds. The van der Waals surface area contributed by atoms with Gasteiger partial charge in [0.15, 0.2) is 0 Å². The molecule has 0 atom stereocenters. The molecule has 0 unspecified atom stereocenters. The third-order valence-corrected chi connectivity index (χ3v) is 1.31. The van der Waals surface area contributed by atoms with E-state index in [2.05, 4.69) is 4.74 Å². The lowest BCUT2D eigenvalue weighted by Gasteiger charge is -1.99. The highest BCUT2D eigenvalue weighted by molar-refractivity contribution is 5.73. The highest BCUT2D eigenvalue weighted by Crippen LogP contribution is 1.98. The Labute approximate surface area is 71.0 Å². The Morgan fingerprint density at radius 3 is 2.25 bits per heavy atom. The first-order chi connectivity index (χ1) is 5.63. The minimum Gasteiger partial charge on any atom is -0.450 e. The molecule has 0 aromatic rings. The normalized spacial score (nSPS) is 9.33. The van der Waals surface area contributed by atoms with Crippen molar-refractivity contribution in [1.82, 2.24) is 0 Å². The molecule has 0 radical (unpaired) electrons. The highest BCUT2D eigenvalue weighted by Gasteiger charge is 1.96. The summed E-state index contributed by atoms with van der Waals surface area (Å²) in [6.45, 7) is 0.314. The average molecular weight is 174 g/mol. The van der Waals surface area contributed by atoms with Gasteiger partial charge in [-0.25, -0.2) is 4.79 Å². The van der Waals surface area contributed by atoms with Crippen LogP contribution in [-0.2, 0) is 9.53 Å². The fourth-order valence-corrected chi connectivity index (χ4v) is 0.751. The Bertz CT molecular complexity index is 141. The molecule has 0 saturated carbocycles. The standard InChI is InChI=1S/C7H14N2O3/c8-6(10)4-2-1-3-5-12-7(9)11/h1-5H2,(H2,8,10)(H2,9,11). The zero-order valence-electron chi connectivity index (χ0n) is 6.91. The number of hydrogen-bond acceptors (Lipinski definition) is 3. The Balaban J connectivity index is 3.01. The molecular formula is C7H14N2O3. The lowest BCUT2D eigenvalue weighted by atomic mass is 10.2. The van der Waals surface area contributed by atoms with E-state index in [0.717, 1.165) is 19.3 Å². The Morgan fingerprint density at radius 1 is 1.08 bits per heavy atom. The minimum absolute atomic E-state index is 0.300. The number of nitrogens with two attached hydrogens (primary N) is 2. The molecule has 12 heavy (non-hydrogen) atoms. The van der Waals surface area contributed by atoms with E-state index in [4.69, 9.17) is 11.5 Å². The predicted octanol–water partition coefficient (Wildman–Crippen LogP) is 0.127. The predicted molar refractivity (Wildman–Crippen MR) is 43.2 cm³/mol. The van der Waals surface area contributed by atoms with Gasteiger partial charge < -0.3 is 16.2 Å². The summed E-state index contributed by atoms with van der Waals surface area (Å²) in [6, 6.07) is 0. The zero-order valence-corrected chi connectivity index (χ0v) is 6.91. The van der Waals surface area contributed by atoms with Crippen LogP contribution in [0.4, 0.5) is 4.79 Å². The van der Waals surface area contributed by atoms with Crippen molar-refractivity contribution >= 4 is 12.0 Å². The van der Waals surface area contributed by atoms with Gasteiger partial charge in [0.05, 0.1) is 6.61 Å². The van der Waals surface area contributed by atoms with Crippen LogP contribution in [0.15, 0.2) is 0 Å². The van der Waals surface area contributed by atoms with E-state index in [0.29, 0.717) is 13.0 Å². The van der Waals surface area contributed by atoms with Crippen LogP contribution >= 0.6 is 0 Å². The van der Waals surface area contributed by atoms with Crippen LogP contribution in [0.5, 0.6) is 0 Å². The van der Waals surface area contributed by atoms with Gasteiger partial charge in [0, 0.05) is 6.42 Å². The summed E-state index contributed by atoms with van der Waals surface area (Å²) < 4.78 is 4.47. The molecule has 0 aromatic heterocycles. The monoisotopic (exact) mass is 174 g/mol. The number of carbonyl (C=O) groups is 2. The number of unbranched alkanes of at least 4 members (excludes halogenated alkanes) is 2. The first-order valence-corrected chi connectivity index (χ1v) is 3.83. The molecule has 0 bridgehead atoms. The summed E-state index contributed by atoms with van der Waals surface area (Å²) in [6.07, 6.45) is 1.89. The molecule has 4 N–H and O–H groups in total. The van der Waals surface area contributed by atoms with Gasteiger partial charge in [-0.3, -0.25) is 4.79 Å². The Kier molecular flexibility index (Phi) is 5.77. The number of primary amides is 2. The molecule has 5 heteroatoms. The van der Waals surface area contributed by atoms with Crippen molar-refractivity contribution in [1.29, 1.82) is 0 Å². The molecule has 0 aliphatic heterocycles. The molecule has 0 fully saturated rings. The third-order valence-electron chi connectivity index (χ3n) is 1.31. The molecule has 0 spiro atoms. The second kappa shape index (κ2) is 6.45. The third kappa shape index (κ3) is 8.74. The first kappa shape index (κ1) is 10.7. The van der Waals surface area contributed by atoms with E-state index in [1.807, 2.05) is 0 Å².